The standard InChI is InChI=1S/C20H30ClN7O/c1-4-19-26-24-14-28(19)11-9-23-20(22-5-2)25-16-8-10-27(13-16)17-12-15(21)6-7-18(17)29-3/h6-7,12,14,16H,4-5,8-11,13H2,1-3H3,(H2,22,23,25). The fourth-order valence-electron chi connectivity index (χ4n) is 3.53. The summed E-state index contributed by atoms with van der Waals surface area (Å²) in [4.78, 5) is 7.03. The van der Waals surface area contributed by atoms with Crippen LogP contribution in [0.1, 0.15) is 26.1 Å². The number of aryl methyl sites for hydroxylation is 1. The molecular weight excluding hydrogens is 390 g/mol. The van der Waals surface area contributed by atoms with Gasteiger partial charge >= 0.3 is 0 Å². The quantitative estimate of drug-likeness (QED) is 0.505. The molecule has 0 amide bonds. The molecule has 1 unspecified atom stereocenters. The van der Waals surface area contributed by atoms with Crippen molar-refractivity contribution in [1.29, 1.82) is 0 Å². The summed E-state index contributed by atoms with van der Waals surface area (Å²) in [5.74, 6) is 2.67. The fourth-order valence-corrected chi connectivity index (χ4v) is 3.70. The van der Waals surface area contributed by atoms with E-state index in [0.29, 0.717) is 17.6 Å². The zero-order valence-electron chi connectivity index (χ0n) is 17.4. The maximum absolute atomic E-state index is 6.20. The molecule has 8 nitrogen and oxygen atoms in total. The summed E-state index contributed by atoms with van der Waals surface area (Å²) in [6, 6.07) is 6.04. The van der Waals surface area contributed by atoms with E-state index in [2.05, 4.69) is 44.1 Å². The summed E-state index contributed by atoms with van der Waals surface area (Å²) in [6.45, 7) is 8.21. The van der Waals surface area contributed by atoms with Crippen molar-refractivity contribution in [1.82, 2.24) is 25.4 Å². The van der Waals surface area contributed by atoms with E-state index in [9.17, 15) is 0 Å². The molecule has 1 aromatic heterocycles. The van der Waals surface area contributed by atoms with Gasteiger partial charge in [-0.3, -0.25) is 4.99 Å². The third-order valence-corrected chi connectivity index (χ3v) is 5.21. The number of guanidine groups is 1. The van der Waals surface area contributed by atoms with Gasteiger partial charge in [-0.15, -0.1) is 10.2 Å². The molecule has 1 saturated heterocycles. The Morgan fingerprint density at radius 1 is 1.38 bits per heavy atom. The highest BCUT2D eigenvalue weighted by Crippen LogP contribution is 2.33. The van der Waals surface area contributed by atoms with E-state index < -0.39 is 0 Å². The van der Waals surface area contributed by atoms with Gasteiger partial charge in [0.25, 0.3) is 0 Å². The molecule has 0 saturated carbocycles. The van der Waals surface area contributed by atoms with Gasteiger partial charge < -0.3 is 24.8 Å². The molecule has 1 atom stereocenters. The fraction of sp³-hybridized carbons (Fsp3) is 0.550. The minimum Gasteiger partial charge on any atom is -0.495 e. The van der Waals surface area contributed by atoms with E-state index in [1.54, 1.807) is 13.4 Å². The van der Waals surface area contributed by atoms with Gasteiger partial charge in [0.1, 0.15) is 17.9 Å². The number of halogens is 1. The van der Waals surface area contributed by atoms with Crippen molar-refractivity contribution in [3.8, 4) is 5.75 Å². The van der Waals surface area contributed by atoms with Gasteiger partial charge in [-0.25, -0.2) is 0 Å². The predicted octanol–water partition coefficient (Wildman–Crippen LogP) is 2.34. The summed E-state index contributed by atoms with van der Waals surface area (Å²) < 4.78 is 7.56. The third kappa shape index (κ3) is 5.53. The van der Waals surface area contributed by atoms with Crippen molar-refractivity contribution < 1.29 is 4.74 Å². The van der Waals surface area contributed by atoms with Crippen LogP contribution in [0.15, 0.2) is 29.5 Å². The number of nitrogens with one attached hydrogen (secondary N) is 2. The number of anilines is 1. The van der Waals surface area contributed by atoms with E-state index in [4.69, 9.17) is 21.3 Å². The molecule has 9 heteroatoms. The first-order valence-electron chi connectivity index (χ1n) is 10.1. The van der Waals surface area contributed by atoms with Crippen molar-refractivity contribution in [2.45, 2.75) is 39.3 Å². The highest BCUT2D eigenvalue weighted by molar-refractivity contribution is 6.30. The lowest BCUT2D eigenvalue weighted by Crippen LogP contribution is -2.44. The molecule has 0 bridgehead atoms. The van der Waals surface area contributed by atoms with Gasteiger partial charge in [-0.05, 0) is 31.5 Å². The molecule has 1 aliphatic rings. The molecule has 0 radical (unpaired) electrons. The van der Waals surface area contributed by atoms with Crippen LogP contribution in [0.4, 0.5) is 5.69 Å². The van der Waals surface area contributed by atoms with E-state index in [1.807, 2.05) is 18.2 Å². The zero-order valence-corrected chi connectivity index (χ0v) is 18.1. The SMILES string of the molecule is CCNC(=NCCn1cnnc1CC)NC1CCN(c2cc(Cl)ccc2OC)C1. The summed E-state index contributed by atoms with van der Waals surface area (Å²) in [7, 11) is 1.69. The van der Waals surface area contributed by atoms with E-state index >= 15 is 0 Å². The Morgan fingerprint density at radius 2 is 2.24 bits per heavy atom. The number of hydrogen-bond donors (Lipinski definition) is 2. The molecule has 2 N–H and O–H groups in total. The zero-order chi connectivity index (χ0) is 20.6. The van der Waals surface area contributed by atoms with Crippen molar-refractivity contribution in [2.24, 2.45) is 4.99 Å². The van der Waals surface area contributed by atoms with Gasteiger partial charge in [-0.1, -0.05) is 18.5 Å². The Hall–Kier alpha value is -2.48. The number of nitrogens with zero attached hydrogens (tertiary/aromatic N) is 5. The molecule has 1 aliphatic heterocycles. The molecule has 2 aromatic rings. The number of aliphatic imine (C=N–C) groups is 1. The molecule has 158 valence electrons. The molecular formula is C20H30ClN7O. The summed E-state index contributed by atoms with van der Waals surface area (Å²) in [5, 5.41) is 15.7. The topological polar surface area (TPSA) is 79.6 Å². The normalized spacial score (nSPS) is 16.9. The molecule has 29 heavy (non-hydrogen) atoms. The molecule has 0 aliphatic carbocycles. The molecule has 2 heterocycles. The van der Waals surface area contributed by atoms with E-state index in [0.717, 1.165) is 62.2 Å². The van der Waals surface area contributed by atoms with Crippen LogP contribution in [-0.4, -0.2) is 60.1 Å². The molecule has 1 fully saturated rings. The van der Waals surface area contributed by atoms with Gasteiger partial charge in [0.2, 0.25) is 0 Å². The lowest BCUT2D eigenvalue weighted by molar-refractivity contribution is 0.415. The van der Waals surface area contributed by atoms with Gasteiger partial charge in [0.15, 0.2) is 5.96 Å². The van der Waals surface area contributed by atoms with Crippen molar-refractivity contribution in [2.75, 3.05) is 38.2 Å². The number of aromatic nitrogens is 3. The van der Waals surface area contributed by atoms with Crippen LogP contribution in [0.25, 0.3) is 0 Å². The van der Waals surface area contributed by atoms with E-state index in [-0.39, 0.29) is 0 Å². The number of ether oxygens (including phenoxy) is 1. The first-order valence-corrected chi connectivity index (χ1v) is 10.5. The first kappa shape index (κ1) is 21.2. The maximum atomic E-state index is 6.20. The second-order valence-corrected chi connectivity index (χ2v) is 7.38. The Kier molecular flexibility index (Phi) is 7.57. The molecule has 0 spiro atoms. The van der Waals surface area contributed by atoms with Crippen molar-refractivity contribution in [3.63, 3.8) is 0 Å². The van der Waals surface area contributed by atoms with Crippen molar-refractivity contribution in [3.05, 3.63) is 35.4 Å². The monoisotopic (exact) mass is 419 g/mol. The van der Waals surface area contributed by atoms with Crippen LogP contribution < -0.4 is 20.3 Å². The van der Waals surface area contributed by atoms with Gasteiger partial charge in [0, 0.05) is 43.7 Å². The summed E-state index contributed by atoms with van der Waals surface area (Å²) >= 11 is 6.20. The highest BCUT2D eigenvalue weighted by Gasteiger charge is 2.25. The van der Waals surface area contributed by atoms with E-state index in [1.165, 1.54) is 0 Å². The Morgan fingerprint density at radius 3 is 3.00 bits per heavy atom. The maximum Gasteiger partial charge on any atom is 0.191 e. The second kappa shape index (κ2) is 10.3. The minimum absolute atomic E-state index is 0.303. The number of methoxy groups -OCH3 is 1. The smallest absolute Gasteiger partial charge is 0.191 e. The van der Waals surface area contributed by atoms with Crippen molar-refractivity contribution >= 4 is 23.2 Å². The highest BCUT2D eigenvalue weighted by atomic mass is 35.5. The summed E-state index contributed by atoms with van der Waals surface area (Å²) in [5.41, 5.74) is 1.03. The lowest BCUT2D eigenvalue weighted by atomic mass is 10.2. The third-order valence-electron chi connectivity index (χ3n) is 4.98. The van der Waals surface area contributed by atoms with Gasteiger partial charge in [-0.2, -0.15) is 0 Å². The molecule has 1 aromatic carbocycles. The predicted molar refractivity (Wildman–Crippen MR) is 117 cm³/mol. The second-order valence-electron chi connectivity index (χ2n) is 6.95. The molecule has 3 rings (SSSR count). The van der Waals surface area contributed by atoms with Crippen LogP contribution in [0.5, 0.6) is 5.75 Å². The average molecular weight is 420 g/mol. The number of rotatable bonds is 8. The van der Waals surface area contributed by atoms with Crippen LogP contribution in [0, 0.1) is 0 Å². The Bertz CT molecular complexity index is 823. The minimum atomic E-state index is 0.303. The van der Waals surface area contributed by atoms with Crippen LogP contribution in [0.2, 0.25) is 5.02 Å². The largest absolute Gasteiger partial charge is 0.495 e. The van der Waals surface area contributed by atoms with Crippen LogP contribution >= 0.6 is 11.6 Å². The van der Waals surface area contributed by atoms with Crippen LogP contribution in [0.3, 0.4) is 0 Å². The summed E-state index contributed by atoms with van der Waals surface area (Å²) in [6.07, 6.45) is 3.65. The first-order chi connectivity index (χ1) is 14.1. The number of benzene rings is 1. The van der Waals surface area contributed by atoms with Gasteiger partial charge in [0.05, 0.1) is 19.3 Å². The Labute approximate surface area is 177 Å². The Balaban J connectivity index is 1.59. The lowest BCUT2D eigenvalue weighted by Gasteiger charge is -2.22. The number of hydrogen-bond acceptors (Lipinski definition) is 5. The van der Waals surface area contributed by atoms with Crippen LogP contribution in [-0.2, 0) is 13.0 Å². The average Bonchev–Trinajstić information content (AvgIpc) is 3.37.